The predicted molar refractivity (Wildman–Crippen MR) is 107 cm³/mol. The van der Waals surface area contributed by atoms with E-state index in [1.54, 1.807) is 12.1 Å². The highest BCUT2D eigenvalue weighted by atomic mass is 19.1. The molecule has 0 N–H and O–H groups in total. The van der Waals surface area contributed by atoms with Crippen molar-refractivity contribution in [1.29, 1.82) is 0 Å². The first-order chi connectivity index (χ1) is 13.1. The second kappa shape index (κ2) is 9.21. The molecule has 0 spiro atoms. The van der Waals surface area contributed by atoms with E-state index >= 15 is 0 Å². The summed E-state index contributed by atoms with van der Waals surface area (Å²) in [5.41, 5.74) is 0.0870. The standard InChI is InChI=1S/C24H35FO2/c1-2-3-6-15-23(16-7-4-8-17-23)27-22(26)24(18-9-5-10-19-24)20-11-13-21(25)14-12-20/h11-14H,2-10,15-19H2,1H3. The maximum Gasteiger partial charge on any atom is 0.317 e. The SMILES string of the molecule is CCCCCC1(OC(=O)C2(c3ccc(F)cc3)CCCCC2)CCCCC1. The zero-order valence-electron chi connectivity index (χ0n) is 16.9. The van der Waals surface area contributed by atoms with E-state index in [4.69, 9.17) is 4.74 Å². The summed E-state index contributed by atoms with van der Waals surface area (Å²) in [5.74, 6) is -0.298. The molecular weight excluding hydrogens is 339 g/mol. The Bertz CT molecular complexity index is 595. The van der Waals surface area contributed by atoms with E-state index < -0.39 is 5.41 Å². The third-order valence-corrected chi connectivity index (χ3v) is 6.80. The molecule has 3 rings (SSSR count). The fourth-order valence-corrected chi connectivity index (χ4v) is 5.13. The van der Waals surface area contributed by atoms with E-state index in [1.807, 2.05) is 0 Å². The number of esters is 1. The van der Waals surface area contributed by atoms with Crippen molar-refractivity contribution in [2.75, 3.05) is 0 Å². The van der Waals surface area contributed by atoms with Crippen LogP contribution in [-0.2, 0) is 14.9 Å². The zero-order valence-corrected chi connectivity index (χ0v) is 16.9. The first-order valence-electron chi connectivity index (χ1n) is 11.1. The van der Waals surface area contributed by atoms with Crippen molar-refractivity contribution < 1.29 is 13.9 Å². The van der Waals surface area contributed by atoms with Crippen LogP contribution in [0.1, 0.15) is 102 Å². The van der Waals surface area contributed by atoms with Gasteiger partial charge in [0, 0.05) is 0 Å². The number of halogens is 1. The molecule has 2 aliphatic carbocycles. The number of benzene rings is 1. The van der Waals surface area contributed by atoms with E-state index in [0.717, 1.165) is 76.2 Å². The molecule has 0 unspecified atom stereocenters. The van der Waals surface area contributed by atoms with Gasteiger partial charge < -0.3 is 4.74 Å². The third kappa shape index (κ3) is 4.73. The predicted octanol–water partition coefficient (Wildman–Crippen LogP) is 6.85. The summed E-state index contributed by atoms with van der Waals surface area (Å²) in [7, 11) is 0. The summed E-state index contributed by atoms with van der Waals surface area (Å²) in [4.78, 5) is 13.6. The van der Waals surface area contributed by atoms with Crippen LogP contribution in [0.4, 0.5) is 4.39 Å². The molecule has 2 saturated carbocycles. The summed E-state index contributed by atoms with van der Waals surface area (Å²) >= 11 is 0. The van der Waals surface area contributed by atoms with Gasteiger partial charge in [-0.25, -0.2) is 4.39 Å². The minimum absolute atomic E-state index is 0.0489. The Morgan fingerprint density at radius 1 is 0.926 bits per heavy atom. The minimum Gasteiger partial charge on any atom is -0.458 e. The lowest BCUT2D eigenvalue weighted by atomic mass is 9.69. The summed E-state index contributed by atoms with van der Waals surface area (Å²) in [6, 6.07) is 6.56. The minimum atomic E-state index is -0.582. The Balaban J connectivity index is 1.83. The normalized spacial score (nSPS) is 21.6. The fourth-order valence-electron chi connectivity index (χ4n) is 5.13. The van der Waals surface area contributed by atoms with Crippen molar-refractivity contribution in [3.05, 3.63) is 35.6 Å². The Hall–Kier alpha value is -1.38. The van der Waals surface area contributed by atoms with E-state index in [2.05, 4.69) is 6.92 Å². The Labute approximate surface area is 163 Å². The van der Waals surface area contributed by atoms with Gasteiger partial charge in [0.05, 0.1) is 5.41 Å². The smallest absolute Gasteiger partial charge is 0.317 e. The van der Waals surface area contributed by atoms with E-state index in [0.29, 0.717) is 0 Å². The van der Waals surface area contributed by atoms with Gasteiger partial charge in [-0.1, -0.05) is 57.6 Å². The molecule has 1 aromatic carbocycles. The average molecular weight is 375 g/mol. The van der Waals surface area contributed by atoms with Crippen LogP contribution in [0.3, 0.4) is 0 Å². The van der Waals surface area contributed by atoms with Crippen molar-refractivity contribution in [1.82, 2.24) is 0 Å². The number of rotatable bonds is 7. The first-order valence-corrected chi connectivity index (χ1v) is 11.1. The van der Waals surface area contributed by atoms with E-state index in [9.17, 15) is 9.18 Å². The topological polar surface area (TPSA) is 26.3 Å². The maximum atomic E-state index is 13.6. The number of hydrogen-bond acceptors (Lipinski definition) is 2. The lowest BCUT2D eigenvalue weighted by molar-refractivity contribution is -0.173. The average Bonchev–Trinajstić information content (AvgIpc) is 2.70. The van der Waals surface area contributed by atoms with Crippen molar-refractivity contribution in [2.24, 2.45) is 0 Å². The van der Waals surface area contributed by atoms with Crippen LogP contribution in [-0.4, -0.2) is 11.6 Å². The fraction of sp³-hybridized carbons (Fsp3) is 0.708. The van der Waals surface area contributed by atoms with E-state index in [-0.39, 0.29) is 17.4 Å². The summed E-state index contributed by atoms with van der Waals surface area (Å²) in [6.45, 7) is 2.21. The Morgan fingerprint density at radius 2 is 1.52 bits per heavy atom. The molecule has 0 aliphatic heterocycles. The molecule has 0 amide bonds. The Morgan fingerprint density at radius 3 is 2.11 bits per heavy atom. The summed E-state index contributed by atoms with van der Waals surface area (Å²) in [5, 5.41) is 0. The lowest BCUT2D eigenvalue weighted by Gasteiger charge is -2.42. The van der Waals surface area contributed by atoms with Crippen LogP contribution in [0.5, 0.6) is 0 Å². The van der Waals surface area contributed by atoms with Gasteiger partial charge in [-0.3, -0.25) is 4.79 Å². The highest BCUT2D eigenvalue weighted by Gasteiger charge is 2.46. The highest BCUT2D eigenvalue weighted by Crippen LogP contribution is 2.44. The van der Waals surface area contributed by atoms with Crippen LogP contribution in [0.15, 0.2) is 24.3 Å². The molecule has 0 radical (unpaired) electrons. The lowest BCUT2D eigenvalue weighted by Crippen LogP contribution is -2.46. The van der Waals surface area contributed by atoms with Crippen LogP contribution >= 0.6 is 0 Å². The molecule has 0 heterocycles. The highest BCUT2D eigenvalue weighted by molar-refractivity contribution is 5.83. The largest absolute Gasteiger partial charge is 0.458 e. The molecule has 2 nitrogen and oxygen atoms in total. The van der Waals surface area contributed by atoms with Gasteiger partial charge in [0.2, 0.25) is 0 Å². The van der Waals surface area contributed by atoms with Gasteiger partial charge in [0.25, 0.3) is 0 Å². The number of carbonyl (C=O) groups is 1. The van der Waals surface area contributed by atoms with Crippen LogP contribution in [0.2, 0.25) is 0 Å². The molecule has 3 heteroatoms. The van der Waals surface area contributed by atoms with Crippen molar-refractivity contribution >= 4 is 5.97 Å². The zero-order chi connectivity index (χ0) is 19.2. The summed E-state index contributed by atoms with van der Waals surface area (Å²) < 4.78 is 19.9. The van der Waals surface area contributed by atoms with Crippen LogP contribution in [0, 0.1) is 5.82 Å². The second-order valence-electron chi connectivity index (χ2n) is 8.74. The quantitative estimate of drug-likeness (QED) is 0.385. The van der Waals surface area contributed by atoms with Gasteiger partial charge in [0.1, 0.15) is 11.4 Å². The molecule has 0 aromatic heterocycles. The summed E-state index contributed by atoms with van der Waals surface area (Å²) in [6.07, 6.45) is 14.9. The number of ether oxygens (including phenoxy) is 1. The van der Waals surface area contributed by atoms with Crippen molar-refractivity contribution in [2.45, 2.75) is 108 Å². The van der Waals surface area contributed by atoms with E-state index in [1.165, 1.54) is 31.4 Å². The maximum absolute atomic E-state index is 13.6. The molecule has 27 heavy (non-hydrogen) atoms. The second-order valence-corrected chi connectivity index (χ2v) is 8.74. The molecule has 2 fully saturated rings. The van der Waals surface area contributed by atoms with Crippen molar-refractivity contribution in [3.8, 4) is 0 Å². The van der Waals surface area contributed by atoms with Gasteiger partial charge in [0.15, 0.2) is 0 Å². The third-order valence-electron chi connectivity index (χ3n) is 6.80. The van der Waals surface area contributed by atoms with Gasteiger partial charge in [-0.2, -0.15) is 0 Å². The van der Waals surface area contributed by atoms with Gasteiger partial charge >= 0.3 is 5.97 Å². The van der Waals surface area contributed by atoms with Crippen LogP contribution in [0.25, 0.3) is 0 Å². The van der Waals surface area contributed by atoms with Gasteiger partial charge in [-0.05, 0) is 69.1 Å². The number of carbonyl (C=O) groups excluding carboxylic acids is 1. The van der Waals surface area contributed by atoms with Gasteiger partial charge in [-0.15, -0.1) is 0 Å². The van der Waals surface area contributed by atoms with Crippen LogP contribution < -0.4 is 0 Å². The molecular formula is C24H35FO2. The molecule has 150 valence electrons. The molecule has 0 bridgehead atoms. The molecule has 1 aromatic rings. The monoisotopic (exact) mass is 374 g/mol. The molecule has 2 aliphatic rings. The molecule has 0 atom stereocenters. The Kier molecular flexibility index (Phi) is 6.94. The number of unbranched alkanes of at least 4 members (excludes halogenated alkanes) is 2. The first kappa shape index (κ1) is 20.4. The van der Waals surface area contributed by atoms with Crippen molar-refractivity contribution in [3.63, 3.8) is 0 Å². The molecule has 0 saturated heterocycles. The number of hydrogen-bond donors (Lipinski definition) is 0.